The zero-order valence-corrected chi connectivity index (χ0v) is 14.8. The SMILES string of the molecule is Cc1ccc(S(=O)(=O)N2CCN(C(=O)[C@H]3C[C@@H]3C)CC2)c(C)c1. The molecule has 1 aromatic rings. The number of benzene rings is 1. The normalized spacial score (nSPS) is 25.4. The van der Waals surface area contributed by atoms with Crippen LogP contribution in [0.5, 0.6) is 0 Å². The summed E-state index contributed by atoms with van der Waals surface area (Å²) in [6.07, 6.45) is 0.972. The zero-order valence-electron chi connectivity index (χ0n) is 13.9. The lowest BCUT2D eigenvalue weighted by atomic mass is 10.2. The van der Waals surface area contributed by atoms with Gasteiger partial charge in [-0.15, -0.1) is 0 Å². The molecule has 1 aromatic carbocycles. The van der Waals surface area contributed by atoms with Gasteiger partial charge in [-0.2, -0.15) is 4.31 Å². The van der Waals surface area contributed by atoms with Crippen LogP contribution in [0.3, 0.4) is 0 Å². The van der Waals surface area contributed by atoms with Gasteiger partial charge in [-0.3, -0.25) is 4.79 Å². The number of aryl methyl sites for hydroxylation is 2. The quantitative estimate of drug-likeness (QED) is 0.846. The fourth-order valence-electron chi connectivity index (χ4n) is 3.28. The van der Waals surface area contributed by atoms with E-state index in [4.69, 9.17) is 0 Å². The Balaban J connectivity index is 1.70. The minimum absolute atomic E-state index is 0.164. The third-order valence-electron chi connectivity index (χ3n) is 4.93. The van der Waals surface area contributed by atoms with Crippen LogP contribution in [0.2, 0.25) is 0 Å². The van der Waals surface area contributed by atoms with Crippen LogP contribution in [0.4, 0.5) is 0 Å². The molecule has 1 aliphatic carbocycles. The molecule has 126 valence electrons. The molecule has 1 saturated carbocycles. The van der Waals surface area contributed by atoms with Crippen LogP contribution in [0.25, 0.3) is 0 Å². The minimum Gasteiger partial charge on any atom is -0.340 e. The lowest BCUT2D eigenvalue weighted by molar-refractivity contribution is -0.134. The second-order valence-electron chi connectivity index (χ2n) is 6.82. The number of carbonyl (C=O) groups excluding carboxylic acids is 1. The molecule has 1 amide bonds. The molecule has 0 bridgehead atoms. The molecule has 3 rings (SSSR count). The molecule has 0 unspecified atom stereocenters. The summed E-state index contributed by atoms with van der Waals surface area (Å²) in [5.41, 5.74) is 1.82. The first-order valence-corrected chi connectivity index (χ1v) is 9.61. The van der Waals surface area contributed by atoms with Crippen molar-refractivity contribution in [3.05, 3.63) is 29.3 Å². The van der Waals surface area contributed by atoms with Gasteiger partial charge in [0.25, 0.3) is 0 Å². The molecule has 2 fully saturated rings. The highest BCUT2D eigenvalue weighted by atomic mass is 32.2. The average molecular weight is 336 g/mol. The summed E-state index contributed by atoms with van der Waals surface area (Å²) < 4.78 is 27.1. The lowest BCUT2D eigenvalue weighted by Crippen LogP contribution is -2.51. The second kappa shape index (κ2) is 5.91. The van der Waals surface area contributed by atoms with E-state index in [1.165, 1.54) is 4.31 Å². The number of hydrogen-bond donors (Lipinski definition) is 0. The number of hydrogen-bond acceptors (Lipinski definition) is 3. The molecule has 1 aliphatic heterocycles. The summed E-state index contributed by atoms with van der Waals surface area (Å²) in [7, 11) is -3.48. The molecule has 1 heterocycles. The molecular formula is C17H24N2O3S. The van der Waals surface area contributed by atoms with Crippen molar-refractivity contribution in [1.29, 1.82) is 0 Å². The van der Waals surface area contributed by atoms with Gasteiger partial charge in [0.15, 0.2) is 0 Å². The molecule has 0 spiro atoms. The van der Waals surface area contributed by atoms with E-state index in [0.29, 0.717) is 37.0 Å². The Morgan fingerprint density at radius 1 is 1.13 bits per heavy atom. The Labute approximate surface area is 138 Å². The van der Waals surface area contributed by atoms with E-state index in [0.717, 1.165) is 17.5 Å². The summed E-state index contributed by atoms with van der Waals surface area (Å²) >= 11 is 0. The molecular weight excluding hydrogens is 312 g/mol. The van der Waals surface area contributed by atoms with Crippen LogP contribution >= 0.6 is 0 Å². The van der Waals surface area contributed by atoms with Gasteiger partial charge >= 0.3 is 0 Å². The molecule has 23 heavy (non-hydrogen) atoms. The van der Waals surface area contributed by atoms with Crippen LogP contribution in [0, 0.1) is 25.7 Å². The summed E-state index contributed by atoms with van der Waals surface area (Å²) in [6, 6.07) is 5.40. The molecule has 0 aromatic heterocycles. The van der Waals surface area contributed by atoms with Crippen LogP contribution in [0.1, 0.15) is 24.5 Å². The third-order valence-corrected chi connectivity index (χ3v) is 6.98. The number of carbonyl (C=O) groups is 1. The van der Waals surface area contributed by atoms with Crippen molar-refractivity contribution >= 4 is 15.9 Å². The fraction of sp³-hybridized carbons (Fsp3) is 0.588. The molecule has 2 atom stereocenters. The molecule has 0 radical (unpaired) electrons. The molecule has 5 nitrogen and oxygen atoms in total. The van der Waals surface area contributed by atoms with Crippen molar-refractivity contribution in [2.75, 3.05) is 26.2 Å². The first kappa shape index (κ1) is 16.5. The summed E-state index contributed by atoms with van der Waals surface area (Å²) in [4.78, 5) is 14.4. The van der Waals surface area contributed by atoms with Crippen molar-refractivity contribution < 1.29 is 13.2 Å². The third kappa shape index (κ3) is 3.15. The van der Waals surface area contributed by atoms with E-state index in [1.807, 2.05) is 30.9 Å². The summed E-state index contributed by atoms with van der Waals surface area (Å²) in [5.74, 6) is 0.845. The van der Waals surface area contributed by atoms with Crippen molar-refractivity contribution in [2.45, 2.75) is 32.1 Å². The van der Waals surface area contributed by atoms with Gasteiger partial charge in [-0.05, 0) is 37.8 Å². The summed E-state index contributed by atoms with van der Waals surface area (Å²) in [5, 5.41) is 0. The smallest absolute Gasteiger partial charge is 0.243 e. The standard InChI is InChI=1S/C17H24N2O3S/c1-12-4-5-16(14(3)10-12)23(21,22)19-8-6-18(7-9-19)17(20)15-11-13(15)2/h4-5,10,13,15H,6-9,11H2,1-3H3/t13-,15-/m0/s1. The van der Waals surface area contributed by atoms with E-state index in [-0.39, 0.29) is 11.8 Å². The summed E-state index contributed by atoms with van der Waals surface area (Å²) in [6.45, 7) is 7.60. The Kier molecular flexibility index (Phi) is 4.23. The first-order chi connectivity index (χ1) is 10.8. The van der Waals surface area contributed by atoms with Crippen LogP contribution in [-0.4, -0.2) is 49.7 Å². The first-order valence-electron chi connectivity index (χ1n) is 8.17. The molecule has 0 N–H and O–H groups in total. The monoisotopic (exact) mass is 336 g/mol. The molecule has 2 aliphatic rings. The van der Waals surface area contributed by atoms with Gasteiger partial charge < -0.3 is 4.90 Å². The lowest BCUT2D eigenvalue weighted by Gasteiger charge is -2.34. The van der Waals surface area contributed by atoms with E-state index >= 15 is 0 Å². The maximum Gasteiger partial charge on any atom is 0.243 e. The maximum atomic E-state index is 12.8. The Morgan fingerprint density at radius 2 is 1.74 bits per heavy atom. The Hall–Kier alpha value is -1.40. The molecule has 6 heteroatoms. The van der Waals surface area contributed by atoms with Crippen molar-refractivity contribution in [2.24, 2.45) is 11.8 Å². The predicted octanol–water partition coefficient (Wildman–Crippen LogP) is 1.79. The molecule has 1 saturated heterocycles. The van der Waals surface area contributed by atoms with Gasteiger partial charge in [0.1, 0.15) is 0 Å². The van der Waals surface area contributed by atoms with E-state index in [2.05, 4.69) is 6.92 Å². The maximum absolute atomic E-state index is 12.8. The van der Waals surface area contributed by atoms with Gasteiger partial charge in [-0.25, -0.2) is 8.42 Å². The van der Waals surface area contributed by atoms with Gasteiger partial charge in [0.2, 0.25) is 15.9 Å². The van der Waals surface area contributed by atoms with Gasteiger partial charge in [0, 0.05) is 32.1 Å². The van der Waals surface area contributed by atoms with Crippen molar-refractivity contribution in [3.63, 3.8) is 0 Å². The number of amides is 1. The topological polar surface area (TPSA) is 57.7 Å². The highest BCUT2D eigenvalue weighted by Crippen LogP contribution is 2.39. The Bertz CT molecular complexity index is 721. The predicted molar refractivity (Wildman–Crippen MR) is 88.5 cm³/mol. The van der Waals surface area contributed by atoms with Crippen molar-refractivity contribution in [3.8, 4) is 0 Å². The average Bonchev–Trinajstić information content (AvgIpc) is 3.23. The minimum atomic E-state index is -3.48. The van der Waals surface area contributed by atoms with E-state index < -0.39 is 10.0 Å². The Morgan fingerprint density at radius 3 is 2.26 bits per heavy atom. The van der Waals surface area contributed by atoms with Crippen LogP contribution in [-0.2, 0) is 14.8 Å². The number of sulfonamides is 1. The fourth-order valence-corrected chi connectivity index (χ4v) is 4.91. The second-order valence-corrected chi connectivity index (χ2v) is 8.72. The highest BCUT2D eigenvalue weighted by molar-refractivity contribution is 7.89. The largest absolute Gasteiger partial charge is 0.340 e. The van der Waals surface area contributed by atoms with Crippen LogP contribution in [0.15, 0.2) is 23.1 Å². The number of piperazine rings is 1. The van der Waals surface area contributed by atoms with Gasteiger partial charge in [-0.1, -0.05) is 24.6 Å². The van der Waals surface area contributed by atoms with E-state index in [1.54, 1.807) is 6.07 Å². The van der Waals surface area contributed by atoms with Gasteiger partial charge in [0.05, 0.1) is 4.90 Å². The zero-order chi connectivity index (χ0) is 16.8. The van der Waals surface area contributed by atoms with Crippen LogP contribution < -0.4 is 0 Å². The van der Waals surface area contributed by atoms with E-state index in [9.17, 15) is 13.2 Å². The number of nitrogens with zero attached hydrogens (tertiary/aromatic N) is 2. The number of rotatable bonds is 3. The highest BCUT2D eigenvalue weighted by Gasteiger charge is 2.42. The van der Waals surface area contributed by atoms with Crippen molar-refractivity contribution in [1.82, 2.24) is 9.21 Å².